The van der Waals surface area contributed by atoms with Crippen molar-refractivity contribution < 1.29 is 4.79 Å². The van der Waals surface area contributed by atoms with Crippen LogP contribution in [0.1, 0.15) is 42.7 Å². The summed E-state index contributed by atoms with van der Waals surface area (Å²) in [5.41, 5.74) is 0.691. The first-order chi connectivity index (χ1) is 9.22. The zero-order valence-electron chi connectivity index (χ0n) is 11.2. The zero-order chi connectivity index (χ0) is 13.7. The topological polar surface area (TPSA) is 69.8 Å². The SMILES string of the molecule is CC(CC#N)NC(=O)c1cccn1C1CCNCC1. The standard InChI is InChI=1S/C14H20N4O/c1-11(4-7-15)17-14(19)13-3-2-10-18(13)12-5-8-16-9-6-12/h2-3,10-12,16H,4-6,8-9H2,1H3,(H,17,19). The van der Waals surface area contributed by atoms with Crippen molar-refractivity contribution >= 4 is 5.91 Å². The van der Waals surface area contributed by atoms with Crippen LogP contribution in [0.3, 0.4) is 0 Å². The van der Waals surface area contributed by atoms with Gasteiger partial charge in [-0.15, -0.1) is 0 Å². The third-order valence-corrected chi connectivity index (χ3v) is 3.49. The van der Waals surface area contributed by atoms with Gasteiger partial charge in [0.1, 0.15) is 5.69 Å². The Kier molecular flexibility index (Phi) is 4.58. The summed E-state index contributed by atoms with van der Waals surface area (Å²) in [7, 11) is 0. The Hall–Kier alpha value is -1.80. The second-order valence-electron chi connectivity index (χ2n) is 5.02. The molecule has 0 bridgehead atoms. The number of hydrogen-bond donors (Lipinski definition) is 2. The molecule has 2 heterocycles. The maximum atomic E-state index is 12.2. The number of amides is 1. The summed E-state index contributed by atoms with van der Waals surface area (Å²) >= 11 is 0. The minimum absolute atomic E-state index is 0.0914. The smallest absolute Gasteiger partial charge is 0.268 e. The molecule has 1 aromatic rings. The average molecular weight is 260 g/mol. The van der Waals surface area contributed by atoms with E-state index in [-0.39, 0.29) is 11.9 Å². The monoisotopic (exact) mass is 260 g/mol. The summed E-state index contributed by atoms with van der Waals surface area (Å²) in [6.07, 6.45) is 4.39. The minimum Gasteiger partial charge on any atom is -0.347 e. The predicted octanol–water partition coefficient (Wildman–Crippen LogP) is 1.44. The van der Waals surface area contributed by atoms with E-state index in [1.807, 2.05) is 25.3 Å². The fourth-order valence-electron chi connectivity index (χ4n) is 2.48. The highest BCUT2D eigenvalue weighted by Crippen LogP contribution is 2.21. The molecule has 1 aromatic heterocycles. The van der Waals surface area contributed by atoms with E-state index in [1.54, 1.807) is 0 Å². The largest absolute Gasteiger partial charge is 0.347 e. The van der Waals surface area contributed by atoms with E-state index in [9.17, 15) is 4.79 Å². The molecule has 0 radical (unpaired) electrons. The maximum Gasteiger partial charge on any atom is 0.268 e. The van der Waals surface area contributed by atoms with Crippen LogP contribution in [0, 0.1) is 11.3 Å². The van der Waals surface area contributed by atoms with Gasteiger partial charge in [0.2, 0.25) is 0 Å². The number of carbonyl (C=O) groups is 1. The first-order valence-electron chi connectivity index (χ1n) is 6.77. The first kappa shape index (κ1) is 13.6. The van der Waals surface area contributed by atoms with Crippen LogP contribution in [0.4, 0.5) is 0 Å². The van der Waals surface area contributed by atoms with E-state index >= 15 is 0 Å². The van der Waals surface area contributed by atoms with Crippen molar-refractivity contribution in [2.24, 2.45) is 0 Å². The number of aromatic nitrogens is 1. The van der Waals surface area contributed by atoms with E-state index in [4.69, 9.17) is 5.26 Å². The highest BCUT2D eigenvalue weighted by atomic mass is 16.2. The first-order valence-corrected chi connectivity index (χ1v) is 6.77. The summed E-state index contributed by atoms with van der Waals surface area (Å²) in [6, 6.07) is 6.09. The van der Waals surface area contributed by atoms with E-state index < -0.39 is 0 Å². The Labute approximate surface area is 113 Å². The number of rotatable bonds is 4. The van der Waals surface area contributed by atoms with E-state index in [2.05, 4.69) is 21.3 Å². The fraction of sp³-hybridized carbons (Fsp3) is 0.571. The van der Waals surface area contributed by atoms with Crippen molar-refractivity contribution in [3.63, 3.8) is 0 Å². The van der Waals surface area contributed by atoms with Crippen molar-refractivity contribution in [2.45, 2.75) is 38.3 Å². The normalized spacial score (nSPS) is 17.7. The van der Waals surface area contributed by atoms with Gasteiger partial charge in [-0.1, -0.05) is 0 Å². The minimum atomic E-state index is -0.117. The average Bonchev–Trinajstić information content (AvgIpc) is 2.89. The second-order valence-corrected chi connectivity index (χ2v) is 5.02. The molecule has 0 saturated carbocycles. The Balaban J connectivity index is 2.06. The lowest BCUT2D eigenvalue weighted by Crippen LogP contribution is -2.35. The van der Waals surface area contributed by atoms with Gasteiger partial charge >= 0.3 is 0 Å². The third kappa shape index (κ3) is 3.36. The molecule has 1 aliphatic heterocycles. The maximum absolute atomic E-state index is 12.2. The molecule has 0 aliphatic carbocycles. The highest BCUT2D eigenvalue weighted by Gasteiger charge is 2.20. The van der Waals surface area contributed by atoms with Crippen LogP contribution < -0.4 is 10.6 Å². The Morgan fingerprint density at radius 3 is 3.05 bits per heavy atom. The molecule has 2 rings (SSSR count). The molecule has 1 atom stereocenters. The Bertz CT molecular complexity index is 468. The van der Waals surface area contributed by atoms with Gasteiger partial charge in [0.25, 0.3) is 5.91 Å². The number of nitrogens with one attached hydrogen (secondary N) is 2. The van der Waals surface area contributed by atoms with Gasteiger partial charge in [-0.25, -0.2) is 0 Å². The summed E-state index contributed by atoms with van der Waals surface area (Å²) in [5, 5.41) is 14.8. The number of nitrogens with zero attached hydrogens (tertiary/aromatic N) is 2. The van der Waals surface area contributed by atoms with Gasteiger partial charge in [0.05, 0.1) is 12.5 Å². The number of carbonyl (C=O) groups excluding carboxylic acids is 1. The predicted molar refractivity (Wildman–Crippen MR) is 72.7 cm³/mol. The lowest BCUT2D eigenvalue weighted by atomic mass is 10.1. The summed E-state index contributed by atoms with van der Waals surface area (Å²) in [6.45, 7) is 3.84. The van der Waals surface area contributed by atoms with Crippen LogP contribution in [0.25, 0.3) is 0 Å². The molecule has 5 heteroatoms. The van der Waals surface area contributed by atoms with E-state index in [1.165, 1.54) is 0 Å². The molecule has 19 heavy (non-hydrogen) atoms. The summed E-state index contributed by atoms with van der Waals surface area (Å²) in [5.74, 6) is -0.0914. The molecule has 1 amide bonds. The van der Waals surface area contributed by atoms with Crippen LogP contribution in [0.5, 0.6) is 0 Å². The Morgan fingerprint density at radius 2 is 2.37 bits per heavy atom. The van der Waals surface area contributed by atoms with Crippen LogP contribution in [-0.2, 0) is 0 Å². The number of piperidine rings is 1. The van der Waals surface area contributed by atoms with E-state index in [0.717, 1.165) is 25.9 Å². The molecule has 0 spiro atoms. The summed E-state index contributed by atoms with van der Waals surface area (Å²) < 4.78 is 2.06. The Morgan fingerprint density at radius 1 is 1.63 bits per heavy atom. The van der Waals surface area contributed by atoms with Crippen LogP contribution in [0.15, 0.2) is 18.3 Å². The van der Waals surface area contributed by atoms with Crippen molar-refractivity contribution in [1.29, 1.82) is 5.26 Å². The molecule has 1 unspecified atom stereocenters. The van der Waals surface area contributed by atoms with Crippen molar-refractivity contribution in [2.75, 3.05) is 13.1 Å². The van der Waals surface area contributed by atoms with E-state index in [0.29, 0.717) is 18.2 Å². The van der Waals surface area contributed by atoms with Crippen LogP contribution in [-0.4, -0.2) is 29.6 Å². The number of nitriles is 1. The van der Waals surface area contributed by atoms with Crippen LogP contribution >= 0.6 is 0 Å². The van der Waals surface area contributed by atoms with Gasteiger partial charge < -0.3 is 15.2 Å². The van der Waals surface area contributed by atoms with Gasteiger partial charge in [-0.05, 0) is 45.0 Å². The quantitative estimate of drug-likeness (QED) is 0.860. The molecule has 1 fully saturated rings. The molecule has 5 nitrogen and oxygen atoms in total. The molecular formula is C14H20N4O. The lowest BCUT2D eigenvalue weighted by molar-refractivity contribution is 0.0928. The molecule has 0 aromatic carbocycles. The van der Waals surface area contributed by atoms with Gasteiger partial charge in [0.15, 0.2) is 0 Å². The molecular weight excluding hydrogens is 240 g/mol. The van der Waals surface area contributed by atoms with Crippen LogP contribution in [0.2, 0.25) is 0 Å². The fourth-order valence-corrected chi connectivity index (χ4v) is 2.48. The van der Waals surface area contributed by atoms with Crippen molar-refractivity contribution in [3.05, 3.63) is 24.0 Å². The zero-order valence-corrected chi connectivity index (χ0v) is 11.2. The summed E-state index contributed by atoms with van der Waals surface area (Å²) in [4.78, 5) is 12.2. The number of hydrogen-bond acceptors (Lipinski definition) is 3. The van der Waals surface area contributed by atoms with Crippen molar-refractivity contribution in [1.82, 2.24) is 15.2 Å². The van der Waals surface area contributed by atoms with Gasteiger partial charge in [-0.2, -0.15) is 5.26 Å². The van der Waals surface area contributed by atoms with Gasteiger partial charge in [0, 0.05) is 18.3 Å². The van der Waals surface area contributed by atoms with Crippen molar-refractivity contribution in [3.8, 4) is 6.07 Å². The van der Waals surface area contributed by atoms with Gasteiger partial charge in [-0.3, -0.25) is 4.79 Å². The molecule has 1 aliphatic rings. The third-order valence-electron chi connectivity index (χ3n) is 3.49. The molecule has 102 valence electrons. The highest BCUT2D eigenvalue weighted by molar-refractivity contribution is 5.93. The second kappa shape index (κ2) is 6.39. The molecule has 1 saturated heterocycles. The molecule has 2 N–H and O–H groups in total. The lowest BCUT2D eigenvalue weighted by Gasteiger charge is -2.26.